The van der Waals surface area contributed by atoms with Gasteiger partial charge in [-0.3, -0.25) is 0 Å². The maximum Gasteiger partial charge on any atom is 0.211 e. The highest BCUT2D eigenvalue weighted by Crippen LogP contribution is 2.11. The van der Waals surface area contributed by atoms with E-state index in [1.807, 2.05) is 0 Å². The van der Waals surface area contributed by atoms with Crippen molar-refractivity contribution < 1.29 is 8.42 Å². The second-order valence-corrected chi connectivity index (χ2v) is 7.07. The van der Waals surface area contributed by atoms with Gasteiger partial charge in [-0.25, -0.2) is 13.1 Å². The molecule has 0 aromatic heterocycles. The van der Waals surface area contributed by atoms with Gasteiger partial charge >= 0.3 is 0 Å². The first kappa shape index (κ1) is 18.9. The molecular weight excluding hydrogens is 260 g/mol. The van der Waals surface area contributed by atoms with Gasteiger partial charge in [-0.1, -0.05) is 40.0 Å². The van der Waals surface area contributed by atoms with Gasteiger partial charge in [-0.05, 0) is 38.3 Å². The molecule has 0 radical (unpaired) electrons. The minimum atomic E-state index is -3.08. The van der Waals surface area contributed by atoms with E-state index in [1.165, 1.54) is 12.8 Å². The van der Waals surface area contributed by atoms with Crippen LogP contribution in [0.1, 0.15) is 59.3 Å². The van der Waals surface area contributed by atoms with Crippen molar-refractivity contribution in [3.05, 3.63) is 0 Å². The molecule has 19 heavy (non-hydrogen) atoms. The quantitative estimate of drug-likeness (QED) is 0.513. The van der Waals surface area contributed by atoms with E-state index in [0.717, 1.165) is 38.8 Å². The second-order valence-electron chi connectivity index (χ2n) is 5.14. The summed E-state index contributed by atoms with van der Waals surface area (Å²) in [6.45, 7) is 8.80. The van der Waals surface area contributed by atoms with Gasteiger partial charge in [0.1, 0.15) is 0 Å². The van der Waals surface area contributed by atoms with Crippen molar-refractivity contribution >= 4 is 10.0 Å². The number of unbranched alkanes of at least 4 members (excludes halogenated alkanes) is 2. The average molecular weight is 292 g/mol. The first-order chi connectivity index (χ1) is 9.05. The summed E-state index contributed by atoms with van der Waals surface area (Å²) < 4.78 is 26.4. The number of hydrogen-bond donors (Lipinski definition) is 2. The van der Waals surface area contributed by atoms with Crippen molar-refractivity contribution in [2.24, 2.45) is 5.92 Å². The summed E-state index contributed by atoms with van der Waals surface area (Å²) in [4.78, 5) is 0. The number of hydrogen-bond acceptors (Lipinski definition) is 3. The second kappa shape index (κ2) is 11.7. The van der Waals surface area contributed by atoms with Gasteiger partial charge in [-0.15, -0.1) is 0 Å². The topological polar surface area (TPSA) is 58.2 Å². The third-order valence-electron chi connectivity index (χ3n) is 3.40. The molecule has 4 nitrogen and oxygen atoms in total. The van der Waals surface area contributed by atoms with Crippen molar-refractivity contribution in [3.63, 3.8) is 0 Å². The molecule has 0 heterocycles. The normalized spacial score (nSPS) is 13.6. The Morgan fingerprint density at radius 2 is 1.79 bits per heavy atom. The van der Waals surface area contributed by atoms with Gasteiger partial charge < -0.3 is 5.32 Å². The molecule has 0 amide bonds. The Labute approximate surface area is 119 Å². The van der Waals surface area contributed by atoms with Gasteiger partial charge in [0.25, 0.3) is 0 Å². The summed E-state index contributed by atoms with van der Waals surface area (Å²) in [5, 5.41) is 3.20. The molecule has 0 aliphatic rings. The van der Waals surface area contributed by atoms with Crippen molar-refractivity contribution in [1.82, 2.24) is 10.0 Å². The Morgan fingerprint density at radius 3 is 2.37 bits per heavy atom. The zero-order valence-electron chi connectivity index (χ0n) is 12.9. The van der Waals surface area contributed by atoms with E-state index in [0.29, 0.717) is 12.5 Å². The summed E-state index contributed by atoms with van der Waals surface area (Å²) in [7, 11) is -3.08. The van der Waals surface area contributed by atoms with E-state index in [1.54, 1.807) is 0 Å². The van der Waals surface area contributed by atoms with E-state index in [9.17, 15) is 8.42 Å². The van der Waals surface area contributed by atoms with Crippen LogP contribution in [0.4, 0.5) is 0 Å². The van der Waals surface area contributed by atoms with Crippen LogP contribution in [0.2, 0.25) is 0 Å². The maximum atomic E-state index is 11.8. The van der Waals surface area contributed by atoms with Crippen molar-refractivity contribution in [2.75, 3.05) is 25.4 Å². The summed E-state index contributed by atoms with van der Waals surface area (Å²) in [6, 6.07) is 0. The average Bonchev–Trinajstić information content (AvgIpc) is 2.38. The molecule has 1 unspecified atom stereocenters. The van der Waals surface area contributed by atoms with Gasteiger partial charge in [0.2, 0.25) is 10.0 Å². The third kappa shape index (κ3) is 11.4. The summed E-state index contributed by atoms with van der Waals surface area (Å²) >= 11 is 0. The third-order valence-corrected chi connectivity index (χ3v) is 4.83. The molecule has 0 aliphatic carbocycles. The molecule has 2 N–H and O–H groups in total. The molecule has 0 aromatic carbocycles. The van der Waals surface area contributed by atoms with Gasteiger partial charge in [0, 0.05) is 6.54 Å². The van der Waals surface area contributed by atoms with E-state index in [-0.39, 0.29) is 5.75 Å². The lowest BCUT2D eigenvalue weighted by Gasteiger charge is -2.15. The zero-order valence-corrected chi connectivity index (χ0v) is 13.7. The fraction of sp³-hybridized carbons (Fsp3) is 1.00. The minimum absolute atomic E-state index is 0.253. The van der Waals surface area contributed by atoms with Crippen LogP contribution in [0.25, 0.3) is 0 Å². The molecule has 0 aromatic rings. The SMILES string of the molecule is CCCCC(CC)CNS(=O)(=O)CCCCNCC. The molecule has 0 rings (SSSR count). The number of nitrogens with one attached hydrogen (secondary N) is 2. The van der Waals surface area contributed by atoms with Crippen LogP contribution in [-0.4, -0.2) is 33.8 Å². The molecule has 116 valence electrons. The van der Waals surface area contributed by atoms with Crippen LogP contribution in [0.5, 0.6) is 0 Å². The van der Waals surface area contributed by atoms with E-state index in [4.69, 9.17) is 0 Å². The molecular formula is C14H32N2O2S. The van der Waals surface area contributed by atoms with Crippen LogP contribution in [-0.2, 0) is 10.0 Å². The fourth-order valence-electron chi connectivity index (χ4n) is 1.98. The van der Waals surface area contributed by atoms with Crippen LogP contribution in [0, 0.1) is 5.92 Å². The molecule has 0 saturated carbocycles. The molecule has 0 spiro atoms. The molecule has 0 aliphatic heterocycles. The highest BCUT2D eigenvalue weighted by molar-refractivity contribution is 7.89. The maximum absolute atomic E-state index is 11.8. The highest BCUT2D eigenvalue weighted by Gasteiger charge is 2.13. The Morgan fingerprint density at radius 1 is 1.05 bits per heavy atom. The van der Waals surface area contributed by atoms with Crippen LogP contribution >= 0.6 is 0 Å². The fourth-order valence-corrected chi connectivity index (χ4v) is 3.20. The van der Waals surface area contributed by atoms with Crippen LogP contribution in [0.3, 0.4) is 0 Å². The van der Waals surface area contributed by atoms with Crippen molar-refractivity contribution in [1.29, 1.82) is 0 Å². The van der Waals surface area contributed by atoms with Crippen molar-refractivity contribution in [2.45, 2.75) is 59.3 Å². The minimum Gasteiger partial charge on any atom is -0.317 e. The van der Waals surface area contributed by atoms with E-state index >= 15 is 0 Å². The van der Waals surface area contributed by atoms with Crippen LogP contribution < -0.4 is 10.0 Å². The largest absolute Gasteiger partial charge is 0.317 e. The monoisotopic (exact) mass is 292 g/mol. The van der Waals surface area contributed by atoms with Crippen molar-refractivity contribution in [3.8, 4) is 0 Å². The number of sulfonamides is 1. The van der Waals surface area contributed by atoms with Gasteiger partial charge in [-0.2, -0.15) is 0 Å². The molecule has 5 heteroatoms. The first-order valence-electron chi connectivity index (χ1n) is 7.73. The summed E-state index contributed by atoms with van der Waals surface area (Å²) in [5.74, 6) is 0.735. The lowest BCUT2D eigenvalue weighted by atomic mass is 10.00. The Balaban J connectivity index is 3.81. The highest BCUT2D eigenvalue weighted by atomic mass is 32.2. The zero-order chi connectivity index (χ0) is 14.6. The van der Waals surface area contributed by atoms with Gasteiger partial charge in [0.05, 0.1) is 5.75 Å². The summed E-state index contributed by atoms with van der Waals surface area (Å²) in [5.41, 5.74) is 0. The lowest BCUT2D eigenvalue weighted by molar-refractivity contribution is 0.443. The van der Waals surface area contributed by atoms with Crippen LogP contribution in [0.15, 0.2) is 0 Å². The lowest BCUT2D eigenvalue weighted by Crippen LogP contribution is -2.31. The summed E-state index contributed by atoms with van der Waals surface area (Å²) in [6.07, 6.45) is 6.17. The predicted molar refractivity (Wildman–Crippen MR) is 82.9 cm³/mol. The number of rotatable bonds is 13. The smallest absolute Gasteiger partial charge is 0.211 e. The molecule has 0 bridgehead atoms. The first-order valence-corrected chi connectivity index (χ1v) is 9.39. The van der Waals surface area contributed by atoms with E-state index < -0.39 is 10.0 Å². The Kier molecular flexibility index (Phi) is 11.6. The molecule has 0 fully saturated rings. The van der Waals surface area contributed by atoms with E-state index in [2.05, 4.69) is 30.8 Å². The standard InChI is InChI=1S/C14H32N2O2S/c1-4-7-10-14(5-2)13-16-19(17,18)12-9-8-11-15-6-3/h14-16H,4-13H2,1-3H3. The predicted octanol–water partition coefficient (Wildman–Crippen LogP) is 2.51. The molecule has 0 saturated heterocycles. The van der Waals surface area contributed by atoms with Gasteiger partial charge in [0.15, 0.2) is 0 Å². The molecule has 1 atom stereocenters. The Hall–Kier alpha value is -0.130. The Bertz CT molecular complexity index is 292.